The van der Waals surface area contributed by atoms with Gasteiger partial charge in [-0.3, -0.25) is 0 Å². The molecular weight excluding hydrogens is 218 g/mol. The van der Waals surface area contributed by atoms with Crippen LogP contribution in [0.1, 0.15) is 16.1 Å². The van der Waals surface area contributed by atoms with E-state index in [1.54, 1.807) is 0 Å². The molecule has 0 unspecified atom stereocenters. The lowest BCUT2D eigenvalue weighted by molar-refractivity contribution is -0.144. The second-order valence-electron chi connectivity index (χ2n) is 2.76. The smallest absolute Gasteiger partial charge is 0.432 e. The van der Waals surface area contributed by atoms with Crippen molar-refractivity contribution < 1.29 is 27.5 Å². The fourth-order valence-electron chi connectivity index (χ4n) is 1.24. The van der Waals surface area contributed by atoms with Gasteiger partial charge in [-0.1, -0.05) is 0 Å². The van der Waals surface area contributed by atoms with E-state index in [2.05, 4.69) is 0 Å². The van der Waals surface area contributed by atoms with E-state index in [9.17, 15) is 22.4 Å². The lowest BCUT2D eigenvalue weighted by Crippen LogP contribution is -2.18. The maximum Gasteiger partial charge on any atom is 0.432 e. The zero-order chi connectivity index (χ0) is 11.6. The van der Waals surface area contributed by atoms with Crippen LogP contribution < -0.4 is 0 Å². The molecule has 84 valence electrons. The summed E-state index contributed by atoms with van der Waals surface area (Å²) in [6.45, 7) is -1.50. The van der Waals surface area contributed by atoms with Gasteiger partial charge < -0.3 is 9.67 Å². The first-order valence-electron chi connectivity index (χ1n) is 3.93. The number of nitrogens with zero attached hydrogens (tertiary/aromatic N) is 1. The molecule has 0 radical (unpaired) electrons. The van der Waals surface area contributed by atoms with Gasteiger partial charge in [0.2, 0.25) is 0 Å². The molecule has 0 fully saturated rings. The Kier molecular flexibility index (Phi) is 3.01. The van der Waals surface area contributed by atoms with Gasteiger partial charge in [0.1, 0.15) is 12.4 Å². The molecule has 0 amide bonds. The minimum absolute atomic E-state index is 0.512. The second-order valence-corrected chi connectivity index (χ2v) is 2.76. The lowest BCUT2D eigenvalue weighted by atomic mass is 10.2. The Morgan fingerprint density at radius 3 is 2.47 bits per heavy atom. The van der Waals surface area contributed by atoms with Crippen LogP contribution >= 0.6 is 0 Å². The summed E-state index contributed by atoms with van der Waals surface area (Å²) in [4.78, 5) is 10.5. The number of aryl methyl sites for hydroxylation is 1. The maximum absolute atomic E-state index is 12.4. The van der Waals surface area contributed by atoms with Crippen LogP contribution in [0.15, 0.2) is 12.3 Å². The first-order valence-corrected chi connectivity index (χ1v) is 3.93. The average Bonchev–Trinajstić information content (AvgIpc) is 2.47. The number of hydrogen-bond acceptors (Lipinski definition) is 1. The molecule has 1 aromatic heterocycles. The van der Waals surface area contributed by atoms with Crippen LogP contribution in [0.5, 0.6) is 0 Å². The molecule has 1 heterocycles. The SMILES string of the molecule is O=C(O)c1ccn(CCF)c1C(F)(F)F. The van der Waals surface area contributed by atoms with E-state index in [0.29, 0.717) is 4.57 Å². The predicted octanol–water partition coefficient (Wildman–Crippen LogP) is 2.17. The van der Waals surface area contributed by atoms with E-state index < -0.39 is 36.6 Å². The molecule has 0 spiro atoms. The Hall–Kier alpha value is -1.53. The van der Waals surface area contributed by atoms with Gasteiger partial charge in [-0.2, -0.15) is 13.2 Å². The van der Waals surface area contributed by atoms with Crippen LogP contribution in [0.3, 0.4) is 0 Å². The summed E-state index contributed by atoms with van der Waals surface area (Å²) < 4.78 is 49.7. The van der Waals surface area contributed by atoms with E-state index in [1.165, 1.54) is 0 Å². The molecule has 0 saturated heterocycles. The summed E-state index contributed by atoms with van der Waals surface area (Å²) in [6, 6.07) is 0.806. The van der Waals surface area contributed by atoms with Crippen molar-refractivity contribution in [3.63, 3.8) is 0 Å². The molecule has 1 N–H and O–H groups in total. The number of hydrogen-bond donors (Lipinski definition) is 1. The summed E-state index contributed by atoms with van der Waals surface area (Å²) in [5.74, 6) is -1.68. The molecular formula is C8H7F4NO2. The van der Waals surface area contributed by atoms with Gasteiger partial charge >= 0.3 is 12.1 Å². The minimum atomic E-state index is -4.80. The van der Waals surface area contributed by atoms with Gasteiger partial charge in [0, 0.05) is 6.20 Å². The molecule has 0 aliphatic rings. The van der Waals surface area contributed by atoms with Crippen LogP contribution in [0, 0.1) is 0 Å². The van der Waals surface area contributed by atoms with Crippen molar-refractivity contribution in [1.82, 2.24) is 4.57 Å². The number of aromatic nitrogens is 1. The maximum atomic E-state index is 12.4. The van der Waals surface area contributed by atoms with Gasteiger partial charge in [0.15, 0.2) is 0 Å². The molecule has 0 aromatic carbocycles. The van der Waals surface area contributed by atoms with Crippen molar-refractivity contribution in [3.8, 4) is 0 Å². The molecule has 15 heavy (non-hydrogen) atoms. The molecule has 1 rings (SSSR count). The number of carbonyl (C=O) groups is 1. The zero-order valence-electron chi connectivity index (χ0n) is 7.38. The van der Waals surface area contributed by atoms with Gasteiger partial charge in [0.05, 0.1) is 12.1 Å². The number of alkyl halides is 4. The quantitative estimate of drug-likeness (QED) is 0.801. The Bertz CT molecular complexity index is 369. The van der Waals surface area contributed by atoms with Gasteiger partial charge in [-0.05, 0) is 6.07 Å². The van der Waals surface area contributed by atoms with Crippen LogP contribution in [-0.4, -0.2) is 22.3 Å². The first-order chi connectivity index (χ1) is 6.88. The normalized spacial score (nSPS) is 11.7. The van der Waals surface area contributed by atoms with Crippen LogP contribution in [0.25, 0.3) is 0 Å². The molecule has 0 saturated carbocycles. The number of carboxylic acids is 1. The molecule has 3 nitrogen and oxygen atoms in total. The number of carboxylic acid groups (broad SMARTS) is 1. The number of rotatable bonds is 3. The fourth-order valence-corrected chi connectivity index (χ4v) is 1.24. The highest BCUT2D eigenvalue weighted by atomic mass is 19.4. The zero-order valence-corrected chi connectivity index (χ0v) is 7.38. The van der Waals surface area contributed by atoms with Crippen molar-refractivity contribution >= 4 is 5.97 Å². The van der Waals surface area contributed by atoms with E-state index in [0.717, 1.165) is 12.3 Å². The third-order valence-electron chi connectivity index (χ3n) is 1.79. The summed E-state index contributed by atoms with van der Waals surface area (Å²) in [6.07, 6.45) is -3.89. The molecule has 0 bridgehead atoms. The van der Waals surface area contributed by atoms with E-state index in [1.807, 2.05) is 0 Å². The third-order valence-corrected chi connectivity index (χ3v) is 1.79. The highest BCUT2D eigenvalue weighted by Gasteiger charge is 2.38. The highest BCUT2D eigenvalue weighted by molar-refractivity contribution is 5.89. The van der Waals surface area contributed by atoms with E-state index in [-0.39, 0.29) is 0 Å². The molecule has 0 aliphatic heterocycles. The largest absolute Gasteiger partial charge is 0.478 e. The van der Waals surface area contributed by atoms with Crippen molar-refractivity contribution in [3.05, 3.63) is 23.5 Å². The topological polar surface area (TPSA) is 42.2 Å². The number of halogens is 4. The molecule has 0 atom stereocenters. The number of aromatic carboxylic acids is 1. The predicted molar refractivity (Wildman–Crippen MR) is 42.4 cm³/mol. The lowest BCUT2D eigenvalue weighted by Gasteiger charge is -2.11. The van der Waals surface area contributed by atoms with Crippen molar-refractivity contribution in [2.24, 2.45) is 0 Å². The summed E-state index contributed by atoms with van der Waals surface area (Å²) >= 11 is 0. The van der Waals surface area contributed by atoms with Crippen molar-refractivity contribution in [2.45, 2.75) is 12.7 Å². The van der Waals surface area contributed by atoms with E-state index in [4.69, 9.17) is 5.11 Å². The monoisotopic (exact) mass is 225 g/mol. The Morgan fingerprint density at radius 1 is 1.47 bits per heavy atom. The van der Waals surface area contributed by atoms with Crippen LogP contribution in [0.4, 0.5) is 17.6 Å². The summed E-state index contributed by atoms with van der Waals surface area (Å²) in [7, 11) is 0. The third kappa shape index (κ3) is 2.28. The summed E-state index contributed by atoms with van der Waals surface area (Å²) in [5, 5.41) is 8.50. The molecule has 1 aromatic rings. The van der Waals surface area contributed by atoms with Gasteiger partial charge in [-0.25, -0.2) is 9.18 Å². The summed E-state index contributed by atoms with van der Waals surface area (Å²) in [5.41, 5.74) is -2.19. The molecule has 0 aliphatic carbocycles. The van der Waals surface area contributed by atoms with Crippen molar-refractivity contribution in [1.29, 1.82) is 0 Å². The van der Waals surface area contributed by atoms with Crippen LogP contribution in [0.2, 0.25) is 0 Å². The van der Waals surface area contributed by atoms with Crippen molar-refractivity contribution in [2.75, 3.05) is 6.67 Å². The second kappa shape index (κ2) is 3.92. The fraction of sp³-hybridized carbons (Fsp3) is 0.375. The minimum Gasteiger partial charge on any atom is -0.478 e. The van der Waals surface area contributed by atoms with Gasteiger partial charge in [-0.15, -0.1) is 0 Å². The Labute approximate surface area is 81.9 Å². The van der Waals surface area contributed by atoms with Crippen LogP contribution in [-0.2, 0) is 12.7 Å². The van der Waals surface area contributed by atoms with E-state index >= 15 is 0 Å². The molecule has 7 heteroatoms. The average molecular weight is 225 g/mol. The van der Waals surface area contributed by atoms with Gasteiger partial charge in [0.25, 0.3) is 0 Å². The highest BCUT2D eigenvalue weighted by Crippen LogP contribution is 2.32. The Balaban J connectivity index is 3.27. The standard InChI is InChI=1S/C8H7F4NO2/c9-2-4-13-3-1-5(7(14)15)6(13)8(10,11)12/h1,3H,2,4H2,(H,14,15). The Morgan fingerprint density at radius 2 is 2.07 bits per heavy atom. The first kappa shape index (κ1) is 11.5.